The van der Waals surface area contributed by atoms with Gasteiger partial charge in [0.25, 0.3) is 5.91 Å². The van der Waals surface area contributed by atoms with Crippen molar-refractivity contribution in [3.63, 3.8) is 0 Å². The molecule has 0 aromatic heterocycles. The average molecular weight is 444 g/mol. The number of piperazine rings is 1. The number of rotatable bonds is 5. The Morgan fingerprint density at radius 3 is 1.93 bits per heavy atom. The number of nitrogens with zero attached hydrogens (tertiary/aromatic N) is 2. The van der Waals surface area contributed by atoms with Crippen molar-refractivity contribution in [3.05, 3.63) is 54.1 Å². The Bertz CT molecular complexity index is 984. The van der Waals surface area contributed by atoms with Gasteiger partial charge in [0, 0.05) is 31.7 Å². The van der Waals surface area contributed by atoms with Gasteiger partial charge in [-0.15, -0.1) is 13.2 Å². The normalized spacial score (nSPS) is 15.7. The molecule has 0 radical (unpaired) electrons. The first-order valence-electron chi connectivity index (χ1n) is 8.89. The Kier molecular flexibility index (Phi) is 6.22. The predicted molar refractivity (Wildman–Crippen MR) is 101 cm³/mol. The maximum atomic E-state index is 12.7. The first kappa shape index (κ1) is 21.9. The van der Waals surface area contributed by atoms with Crippen molar-refractivity contribution in [1.82, 2.24) is 9.21 Å². The molecular formula is C19H19F3N2O5S. The van der Waals surface area contributed by atoms with Crippen LogP contribution in [-0.2, 0) is 10.0 Å². The molecular weight excluding hydrogens is 425 g/mol. The van der Waals surface area contributed by atoms with Gasteiger partial charge in [-0.2, -0.15) is 4.31 Å². The Labute approximate surface area is 171 Å². The molecule has 0 bridgehead atoms. The summed E-state index contributed by atoms with van der Waals surface area (Å²) in [7, 11) is -2.38. The van der Waals surface area contributed by atoms with Crippen molar-refractivity contribution in [2.45, 2.75) is 11.3 Å². The highest BCUT2D eigenvalue weighted by Crippen LogP contribution is 2.25. The number of hydrogen-bond acceptors (Lipinski definition) is 5. The first-order valence-corrected chi connectivity index (χ1v) is 10.3. The molecule has 1 fully saturated rings. The lowest BCUT2D eigenvalue weighted by atomic mass is 10.2. The van der Waals surface area contributed by atoms with Gasteiger partial charge in [-0.1, -0.05) is 0 Å². The zero-order valence-corrected chi connectivity index (χ0v) is 16.7. The highest BCUT2D eigenvalue weighted by atomic mass is 32.2. The van der Waals surface area contributed by atoms with Crippen molar-refractivity contribution in [2.75, 3.05) is 33.3 Å². The van der Waals surface area contributed by atoms with Gasteiger partial charge >= 0.3 is 6.36 Å². The topological polar surface area (TPSA) is 76.2 Å². The minimum Gasteiger partial charge on any atom is -0.497 e. The number of amides is 1. The Morgan fingerprint density at radius 2 is 1.43 bits per heavy atom. The van der Waals surface area contributed by atoms with E-state index in [-0.39, 0.29) is 37.0 Å². The standard InChI is InChI=1S/C19H19F3N2O5S/c1-28-15-4-2-14(3-5-15)18(25)23-10-12-24(13-11-23)30(26,27)17-8-6-16(7-9-17)29-19(20,21)22/h2-9H,10-13H2,1H3. The molecule has 1 heterocycles. The third-order valence-electron chi connectivity index (χ3n) is 4.56. The summed E-state index contributed by atoms with van der Waals surface area (Å²) in [5, 5.41) is 0. The minimum atomic E-state index is -4.85. The fourth-order valence-electron chi connectivity index (χ4n) is 3.01. The molecule has 2 aromatic carbocycles. The van der Waals surface area contributed by atoms with Gasteiger partial charge in [-0.05, 0) is 48.5 Å². The number of sulfonamides is 1. The van der Waals surface area contributed by atoms with E-state index >= 15 is 0 Å². The molecule has 0 unspecified atom stereocenters. The van der Waals surface area contributed by atoms with Gasteiger partial charge in [-0.25, -0.2) is 8.42 Å². The second kappa shape index (κ2) is 8.52. The van der Waals surface area contributed by atoms with Gasteiger partial charge in [0.05, 0.1) is 12.0 Å². The number of methoxy groups -OCH3 is 1. The smallest absolute Gasteiger partial charge is 0.497 e. The zero-order chi connectivity index (χ0) is 21.9. The molecule has 7 nitrogen and oxygen atoms in total. The lowest BCUT2D eigenvalue weighted by Gasteiger charge is -2.34. The van der Waals surface area contributed by atoms with Crippen LogP contribution in [0, 0.1) is 0 Å². The van der Waals surface area contributed by atoms with Gasteiger partial charge in [0.2, 0.25) is 10.0 Å². The fourth-order valence-corrected chi connectivity index (χ4v) is 4.43. The van der Waals surface area contributed by atoms with E-state index in [1.807, 2.05) is 0 Å². The lowest BCUT2D eigenvalue weighted by molar-refractivity contribution is -0.274. The number of carbonyl (C=O) groups is 1. The summed E-state index contributed by atoms with van der Waals surface area (Å²) in [6, 6.07) is 10.6. The predicted octanol–water partition coefficient (Wildman–Crippen LogP) is 2.74. The number of ether oxygens (including phenoxy) is 2. The van der Waals surface area contributed by atoms with E-state index in [0.29, 0.717) is 11.3 Å². The second-order valence-corrected chi connectivity index (χ2v) is 8.38. The van der Waals surface area contributed by atoms with Crippen LogP contribution in [-0.4, -0.2) is 63.2 Å². The number of halogens is 3. The summed E-state index contributed by atoms with van der Waals surface area (Å²) in [5.41, 5.74) is 0.465. The third kappa shape index (κ3) is 5.03. The Hall–Kier alpha value is -2.79. The molecule has 0 aliphatic carbocycles. The number of alkyl halides is 3. The van der Waals surface area contributed by atoms with Crippen LogP contribution in [0.2, 0.25) is 0 Å². The van der Waals surface area contributed by atoms with Gasteiger partial charge in [0.1, 0.15) is 11.5 Å². The molecule has 11 heteroatoms. The molecule has 0 spiro atoms. The molecule has 162 valence electrons. The van der Waals surface area contributed by atoms with E-state index in [2.05, 4.69) is 4.74 Å². The van der Waals surface area contributed by atoms with Crippen LogP contribution in [0.1, 0.15) is 10.4 Å². The van der Waals surface area contributed by atoms with E-state index < -0.39 is 22.1 Å². The van der Waals surface area contributed by atoms with Crippen molar-refractivity contribution in [3.8, 4) is 11.5 Å². The SMILES string of the molecule is COc1ccc(C(=O)N2CCN(S(=O)(=O)c3ccc(OC(F)(F)F)cc3)CC2)cc1. The van der Waals surface area contributed by atoms with Crippen LogP contribution in [0.5, 0.6) is 11.5 Å². The van der Waals surface area contributed by atoms with Crippen molar-refractivity contribution >= 4 is 15.9 Å². The molecule has 1 amide bonds. The summed E-state index contributed by atoms with van der Waals surface area (Å²) in [5.74, 6) is -0.103. The number of benzene rings is 2. The monoisotopic (exact) mass is 444 g/mol. The molecule has 0 N–H and O–H groups in total. The fraction of sp³-hybridized carbons (Fsp3) is 0.316. The molecule has 2 aromatic rings. The molecule has 30 heavy (non-hydrogen) atoms. The van der Waals surface area contributed by atoms with Gasteiger partial charge in [0.15, 0.2) is 0 Å². The quantitative estimate of drug-likeness (QED) is 0.709. The molecule has 3 rings (SSSR count). The minimum absolute atomic E-state index is 0.0744. The summed E-state index contributed by atoms with van der Waals surface area (Å²) >= 11 is 0. The maximum absolute atomic E-state index is 12.7. The summed E-state index contributed by atoms with van der Waals surface area (Å²) in [4.78, 5) is 14.0. The molecule has 1 aliphatic heterocycles. The summed E-state index contributed by atoms with van der Waals surface area (Å²) in [6.07, 6.45) is -4.85. The van der Waals surface area contributed by atoms with Crippen LogP contribution in [0.3, 0.4) is 0 Å². The van der Waals surface area contributed by atoms with E-state index in [4.69, 9.17) is 4.74 Å². The lowest BCUT2D eigenvalue weighted by Crippen LogP contribution is -2.50. The van der Waals surface area contributed by atoms with Gasteiger partial charge < -0.3 is 14.4 Å². The molecule has 0 atom stereocenters. The van der Waals surface area contributed by atoms with Gasteiger partial charge in [-0.3, -0.25) is 4.79 Å². The largest absolute Gasteiger partial charge is 0.573 e. The molecule has 1 aliphatic rings. The van der Waals surface area contributed by atoms with E-state index in [1.165, 1.54) is 11.4 Å². The maximum Gasteiger partial charge on any atom is 0.573 e. The zero-order valence-electron chi connectivity index (χ0n) is 15.9. The van der Waals surface area contributed by atoms with Crippen LogP contribution in [0.25, 0.3) is 0 Å². The number of hydrogen-bond donors (Lipinski definition) is 0. The third-order valence-corrected chi connectivity index (χ3v) is 6.47. The summed E-state index contributed by atoms with van der Waals surface area (Å²) in [6.45, 7) is 0.536. The van der Waals surface area contributed by atoms with E-state index in [1.54, 1.807) is 29.2 Å². The number of carbonyl (C=O) groups excluding carboxylic acids is 1. The van der Waals surface area contributed by atoms with Crippen molar-refractivity contribution in [1.29, 1.82) is 0 Å². The van der Waals surface area contributed by atoms with E-state index in [0.717, 1.165) is 24.3 Å². The van der Waals surface area contributed by atoms with Crippen LogP contribution in [0.4, 0.5) is 13.2 Å². The highest BCUT2D eigenvalue weighted by molar-refractivity contribution is 7.89. The van der Waals surface area contributed by atoms with Crippen molar-refractivity contribution < 1.29 is 35.9 Å². The Balaban J connectivity index is 1.63. The first-order chi connectivity index (χ1) is 14.1. The molecule has 0 saturated carbocycles. The second-order valence-electron chi connectivity index (χ2n) is 6.44. The van der Waals surface area contributed by atoms with Crippen molar-refractivity contribution in [2.24, 2.45) is 0 Å². The average Bonchev–Trinajstić information content (AvgIpc) is 2.72. The van der Waals surface area contributed by atoms with Crippen LogP contribution >= 0.6 is 0 Å². The molecule has 1 saturated heterocycles. The summed E-state index contributed by atoms with van der Waals surface area (Å²) < 4.78 is 72.2. The van der Waals surface area contributed by atoms with E-state index in [9.17, 15) is 26.4 Å². The van der Waals surface area contributed by atoms with Crippen LogP contribution < -0.4 is 9.47 Å². The Morgan fingerprint density at radius 1 is 0.900 bits per heavy atom. The highest BCUT2D eigenvalue weighted by Gasteiger charge is 2.32. The van der Waals surface area contributed by atoms with Crippen LogP contribution in [0.15, 0.2) is 53.4 Å².